The molecule has 4 nitrogen and oxygen atoms in total. The molecule has 102 valence electrons. The van der Waals surface area contributed by atoms with Crippen molar-refractivity contribution in [3.63, 3.8) is 0 Å². The first-order valence-electron chi connectivity index (χ1n) is 5.91. The van der Waals surface area contributed by atoms with Gasteiger partial charge in [0.1, 0.15) is 0 Å². The minimum atomic E-state index is 0.197. The number of rotatable bonds is 8. The van der Waals surface area contributed by atoms with Crippen LogP contribution in [0.5, 0.6) is 11.5 Å². The van der Waals surface area contributed by atoms with Gasteiger partial charge in [0, 0.05) is 13.7 Å². The fraction of sp³-hybridized carbons (Fsp3) is 0.538. The third kappa shape index (κ3) is 4.48. The molecule has 0 amide bonds. The van der Waals surface area contributed by atoms with E-state index in [1.807, 2.05) is 12.1 Å². The smallest absolute Gasteiger partial charge is 0.188 e. The van der Waals surface area contributed by atoms with E-state index >= 15 is 0 Å². The van der Waals surface area contributed by atoms with Crippen molar-refractivity contribution in [2.45, 2.75) is 19.9 Å². The van der Waals surface area contributed by atoms with Crippen LogP contribution in [0.2, 0.25) is 0 Å². The average Bonchev–Trinajstić information content (AvgIpc) is 2.37. The van der Waals surface area contributed by atoms with Crippen LogP contribution in [0.15, 0.2) is 16.6 Å². The van der Waals surface area contributed by atoms with Crippen molar-refractivity contribution in [1.82, 2.24) is 5.32 Å². The van der Waals surface area contributed by atoms with Crippen molar-refractivity contribution in [2.75, 3.05) is 27.6 Å². The zero-order valence-corrected chi connectivity index (χ0v) is 12.7. The Morgan fingerprint density at radius 3 is 2.67 bits per heavy atom. The van der Waals surface area contributed by atoms with Crippen molar-refractivity contribution in [1.29, 1.82) is 0 Å². The summed E-state index contributed by atoms with van der Waals surface area (Å²) in [5.41, 5.74) is 1.15. The molecule has 1 aromatic carbocycles. The van der Waals surface area contributed by atoms with Crippen LogP contribution in [0.4, 0.5) is 0 Å². The number of benzene rings is 1. The highest BCUT2D eigenvalue weighted by Crippen LogP contribution is 2.36. The third-order valence-corrected chi connectivity index (χ3v) is 2.96. The van der Waals surface area contributed by atoms with Crippen molar-refractivity contribution in [3.8, 4) is 11.5 Å². The number of hydrogen-bond acceptors (Lipinski definition) is 4. The number of ether oxygens (including phenoxy) is 3. The van der Waals surface area contributed by atoms with Crippen LogP contribution < -0.4 is 14.8 Å². The van der Waals surface area contributed by atoms with E-state index in [1.165, 1.54) is 0 Å². The minimum absolute atomic E-state index is 0.197. The molecule has 18 heavy (non-hydrogen) atoms. The number of nitrogens with one attached hydrogen (secondary N) is 1. The van der Waals surface area contributed by atoms with Gasteiger partial charge in [0.25, 0.3) is 0 Å². The van der Waals surface area contributed by atoms with Gasteiger partial charge in [-0.25, -0.2) is 0 Å². The normalized spacial score (nSPS) is 10.4. The van der Waals surface area contributed by atoms with Crippen LogP contribution in [0.3, 0.4) is 0 Å². The SMILES string of the molecule is CCCNCc1cc(Br)c(OCOC)c(OC)c1. The van der Waals surface area contributed by atoms with Gasteiger partial charge in [-0.2, -0.15) is 0 Å². The summed E-state index contributed by atoms with van der Waals surface area (Å²) in [5, 5.41) is 3.35. The summed E-state index contributed by atoms with van der Waals surface area (Å²) in [6, 6.07) is 3.99. The predicted molar refractivity (Wildman–Crippen MR) is 75.2 cm³/mol. The maximum Gasteiger partial charge on any atom is 0.188 e. The Morgan fingerprint density at radius 1 is 1.28 bits per heavy atom. The Bertz CT molecular complexity index is 371. The molecule has 0 aliphatic carbocycles. The van der Waals surface area contributed by atoms with Crippen LogP contribution in [-0.4, -0.2) is 27.6 Å². The van der Waals surface area contributed by atoms with Gasteiger partial charge >= 0.3 is 0 Å². The summed E-state index contributed by atoms with van der Waals surface area (Å²) in [6.07, 6.45) is 1.12. The molecule has 0 bridgehead atoms. The van der Waals surface area contributed by atoms with Gasteiger partial charge in [-0.1, -0.05) is 6.92 Å². The Morgan fingerprint density at radius 2 is 2.06 bits per heavy atom. The van der Waals surface area contributed by atoms with Crippen LogP contribution in [0.1, 0.15) is 18.9 Å². The minimum Gasteiger partial charge on any atom is -0.493 e. The first-order chi connectivity index (χ1) is 8.72. The van der Waals surface area contributed by atoms with Crippen LogP contribution >= 0.6 is 15.9 Å². The van der Waals surface area contributed by atoms with Gasteiger partial charge < -0.3 is 19.5 Å². The quantitative estimate of drug-likeness (QED) is 0.591. The number of halogens is 1. The molecule has 0 heterocycles. The van der Waals surface area contributed by atoms with Gasteiger partial charge in [0.2, 0.25) is 0 Å². The summed E-state index contributed by atoms with van der Waals surface area (Å²) >= 11 is 3.49. The lowest BCUT2D eigenvalue weighted by Gasteiger charge is -2.14. The summed E-state index contributed by atoms with van der Waals surface area (Å²) in [4.78, 5) is 0. The van der Waals surface area contributed by atoms with E-state index in [0.29, 0.717) is 11.5 Å². The summed E-state index contributed by atoms with van der Waals surface area (Å²) in [6.45, 7) is 4.16. The standard InChI is InChI=1S/C13H20BrNO3/c1-4-5-15-8-10-6-11(14)13(18-9-16-2)12(7-10)17-3/h6-7,15H,4-5,8-9H2,1-3H3. The Labute approximate surface area is 117 Å². The molecule has 0 fully saturated rings. The van der Waals surface area contributed by atoms with Gasteiger partial charge in [-0.3, -0.25) is 0 Å². The molecule has 0 spiro atoms. The molecular formula is C13H20BrNO3. The first kappa shape index (κ1) is 15.3. The maximum absolute atomic E-state index is 5.47. The van der Waals surface area contributed by atoms with Crippen molar-refractivity contribution < 1.29 is 14.2 Å². The van der Waals surface area contributed by atoms with E-state index in [-0.39, 0.29) is 6.79 Å². The Balaban J connectivity index is 2.81. The van der Waals surface area contributed by atoms with Crippen LogP contribution in [-0.2, 0) is 11.3 Å². The second-order valence-corrected chi connectivity index (χ2v) is 4.69. The molecule has 0 aromatic heterocycles. The lowest BCUT2D eigenvalue weighted by Crippen LogP contribution is -2.14. The molecule has 0 radical (unpaired) electrons. The molecule has 0 aliphatic rings. The number of methoxy groups -OCH3 is 2. The van der Waals surface area contributed by atoms with E-state index in [2.05, 4.69) is 28.2 Å². The van der Waals surface area contributed by atoms with E-state index in [4.69, 9.17) is 14.2 Å². The second kappa shape index (κ2) is 8.34. The summed E-state index contributed by atoms with van der Waals surface area (Å²) in [7, 11) is 3.22. The summed E-state index contributed by atoms with van der Waals surface area (Å²) < 4.78 is 16.6. The maximum atomic E-state index is 5.47. The van der Waals surface area contributed by atoms with Crippen LogP contribution in [0, 0.1) is 0 Å². The molecule has 1 N–H and O–H groups in total. The molecule has 1 rings (SSSR count). The van der Waals surface area contributed by atoms with E-state index in [9.17, 15) is 0 Å². The molecule has 5 heteroatoms. The zero-order chi connectivity index (χ0) is 13.4. The third-order valence-electron chi connectivity index (χ3n) is 2.37. The first-order valence-corrected chi connectivity index (χ1v) is 6.71. The highest BCUT2D eigenvalue weighted by atomic mass is 79.9. The molecule has 0 saturated carbocycles. The molecule has 0 atom stereocenters. The molecule has 0 saturated heterocycles. The lowest BCUT2D eigenvalue weighted by atomic mass is 10.2. The second-order valence-electron chi connectivity index (χ2n) is 3.84. The molecular weight excluding hydrogens is 298 g/mol. The zero-order valence-electron chi connectivity index (χ0n) is 11.1. The average molecular weight is 318 g/mol. The molecule has 0 unspecified atom stereocenters. The highest BCUT2D eigenvalue weighted by molar-refractivity contribution is 9.10. The molecule has 0 aliphatic heterocycles. The van der Waals surface area contributed by atoms with Gasteiger partial charge in [-0.05, 0) is 46.6 Å². The van der Waals surface area contributed by atoms with E-state index in [1.54, 1.807) is 14.2 Å². The fourth-order valence-corrected chi connectivity index (χ4v) is 2.15. The van der Waals surface area contributed by atoms with Gasteiger partial charge in [-0.15, -0.1) is 0 Å². The lowest BCUT2D eigenvalue weighted by molar-refractivity contribution is 0.0486. The number of hydrogen-bond donors (Lipinski definition) is 1. The van der Waals surface area contributed by atoms with E-state index < -0.39 is 0 Å². The fourth-order valence-electron chi connectivity index (χ4n) is 1.54. The summed E-state index contributed by atoms with van der Waals surface area (Å²) in [5.74, 6) is 1.37. The Kier molecular flexibility index (Phi) is 7.08. The van der Waals surface area contributed by atoms with E-state index in [0.717, 1.165) is 29.5 Å². The van der Waals surface area contributed by atoms with Crippen molar-refractivity contribution >= 4 is 15.9 Å². The van der Waals surface area contributed by atoms with Crippen molar-refractivity contribution in [2.24, 2.45) is 0 Å². The van der Waals surface area contributed by atoms with Crippen molar-refractivity contribution in [3.05, 3.63) is 22.2 Å². The topological polar surface area (TPSA) is 39.7 Å². The monoisotopic (exact) mass is 317 g/mol. The highest BCUT2D eigenvalue weighted by Gasteiger charge is 2.11. The Hall–Kier alpha value is -0.780. The largest absolute Gasteiger partial charge is 0.493 e. The van der Waals surface area contributed by atoms with Gasteiger partial charge in [0.15, 0.2) is 18.3 Å². The molecule has 1 aromatic rings. The van der Waals surface area contributed by atoms with Crippen LogP contribution in [0.25, 0.3) is 0 Å². The van der Waals surface area contributed by atoms with Gasteiger partial charge in [0.05, 0.1) is 11.6 Å². The predicted octanol–water partition coefficient (Wildman–Crippen LogP) is 2.94.